The van der Waals surface area contributed by atoms with Gasteiger partial charge in [0.15, 0.2) is 6.61 Å². The topological polar surface area (TPSA) is 85.9 Å². The lowest BCUT2D eigenvalue weighted by molar-refractivity contribution is -0.129. The van der Waals surface area contributed by atoms with Crippen LogP contribution in [-0.2, 0) is 16.0 Å². The number of methoxy groups -OCH3 is 2. The molecule has 0 fully saturated rings. The van der Waals surface area contributed by atoms with Gasteiger partial charge in [-0.05, 0) is 43.2 Å². The summed E-state index contributed by atoms with van der Waals surface area (Å²) in [6.07, 6.45) is 0.0470. The molecule has 0 heterocycles. The van der Waals surface area contributed by atoms with Crippen molar-refractivity contribution in [1.29, 1.82) is 0 Å². The first-order valence-corrected chi connectivity index (χ1v) is 8.41. The first-order chi connectivity index (χ1) is 12.9. The van der Waals surface area contributed by atoms with E-state index < -0.39 is 5.91 Å². The van der Waals surface area contributed by atoms with Crippen molar-refractivity contribution in [2.45, 2.75) is 20.3 Å². The first kappa shape index (κ1) is 20.1. The lowest BCUT2D eigenvalue weighted by Gasteiger charge is -2.12. The zero-order valence-electron chi connectivity index (χ0n) is 15.9. The molecular formula is C20H24N2O5. The molecule has 0 atom stereocenters. The second-order valence-electron chi connectivity index (χ2n) is 6.06. The van der Waals surface area contributed by atoms with E-state index in [-0.39, 0.29) is 18.9 Å². The van der Waals surface area contributed by atoms with Crippen molar-refractivity contribution < 1.29 is 23.8 Å². The van der Waals surface area contributed by atoms with Crippen molar-refractivity contribution in [3.05, 3.63) is 53.1 Å². The fraction of sp³-hybridized carbons (Fsp3) is 0.300. The quantitative estimate of drug-likeness (QED) is 0.727. The van der Waals surface area contributed by atoms with Gasteiger partial charge in [0.05, 0.1) is 20.6 Å². The maximum absolute atomic E-state index is 12.0. The van der Waals surface area contributed by atoms with E-state index in [1.165, 1.54) is 7.11 Å². The number of benzene rings is 2. The molecule has 2 amide bonds. The number of hydrazine groups is 1. The third-order valence-corrected chi connectivity index (χ3v) is 3.75. The van der Waals surface area contributed by atoms with Gasteiger partial charge in [-0.25, -0.2) is 0 Å². The van der Waals surface area contributed by atoms with Gasteiger partial charge in [-0.2, -0.15) is 0 Å². The first-order valence-electron chi connectivity index (χ1n) is 8.41. The van der Waals surface area contributed by atoms with Crippen LogP contribution in [0.25, 0.3) is 0 Å². The van der Waals surface area contributed by atoms with Crippen molar-refractivity contribution in [3.8, 4) is 17.2 Å². The summed E-state index contributed by atoms with van der Waals surface area (Å²) in [7, 11) is 3.07. The molecule has 7 heteroatoms. The van der Waals surface area contributed by atoms with Gasteiger partial charge in [0.2, 0.25) is 5.91 Å². The van der Waals surface area contributed by atoms with E-state index in [1.807, 2.05) is 32.0 Å². The molecule has 0 spiro atoms. The monoisotopic (exact) mass is 372 g/mol. The molecule has 0 bridgehead atoms. The largest absolute Gasteiger partial charge is 0.497 e. The van der Waals surface area contributed by atoms with E-state index in [9.17, 15) is 9.59 Å². The normalized spacial score (nSPS) is 10.1. The molecule has 2 aromatic carbocycles. The predicted molar refractivity (Wildman–Crippen MR) is 101 cm³/mol. The van der Waals surface area contributed by atoms with Crippen molar-refractivity contribution in [1.82, 2.24) is 10.9 Å². The van der Waals surface area contributed by atoms with E-state index in [0.717, 1.165) is 11.1 Å². The van der Waals surface area contributed by atoms with E-state index in [4.69, 9.17) is 14.2 Å². The van der Waals surface area contributed by atoms with Crippen molar-refractivity contribution in [2.75, 3.05) is 20.8 Å². The van der Waals surface area contributed by atoms with Crippen LogP contribution < -0.4 is 25.1 Å². The lowest BCUT2D eigenvalue weighted by Crippen LogP contribution is -2.44. The van der Waals surface area contributed by atoms with E-state index >= 15 is 0 Å². The Bertz CT molecular complexity index is 800. The van der Waals surface area contributed by atoms with Gasteiger partial charge in [0.25, 0.3) is 5.91 Å². The standard InChI is InChI=1S/C20H24N2O5/c1-13-7-14(2)9-17(8-13)27-12-20(24)22-21-19(23)10-15-5-6-16(25-3)11-18(15)26-4/h5-9,11H,10,12H2,1-4H3,(H,21,23)(H,22,24). The molecule has 144 valence electrons. The average molecular weight is 372 g/mol. The lowest BCUT2D eigenvalue weighted by atomic mass is 10.1. The van der Waals surface area contributed by atoms with Crippen LogP contribution in [0, 0.1) is 13.8 Å². The number of nitrogens with one attached hydrogen (secondary N) is 2. The van der Waals surface area contributed by atoms with Crippen LogP contribution >= 0.6 is 0 Å². The molecule has 0 saturated heterocycles. The molecule has 0 radical (unpaired) electrons. The highest BCUT2D eigenvalue weighted by molar-refractivity contribution is 5.84. The highest BCUT2D eigenvalue weighted by Gasteiger charge is 2.11. The smallest absolute Gasteiger partial charge is 0.276 e. The summed E-state index contributed by atoms with van der Waals surface area (Å²) in [5, 5.41) is 0. The van der Waals surface area contributed by atoms with Crippen LogP contribution in [0.4, 0.5) is 0 Å². The van der Waals surface area contributed by atoms with Crippen molar-refractivity contribution in [3.63, 3.8) is 0 Å². The molecule has 2 N–H and O–H groups in total. The van der Waals surface area contributed by atoms with Crippen LogP contribution in [0.15, 0.2) is 36.4 Å². The Morgan fingerprint density at radius 1 is 0.852 bits per heavy atom. The average Bonchev–Trinajstić information content (AvgIpc) is 2.64. The van der Waals surface area contributed by atoms with Crippen LogP contribution in [0.2, 0.25) is 0 Å². The van der Waals surface area contributed by atoms with E-state index in [0.29, 0.717) is 22.8 Å². The third kappa shape index (κ3) is 6.22. The predicted octanol–water partition coefficient (Wildman–Crippen LogP) is 2.09. The Morgan fingerprint density at radius 3 is 2.15 bits per heavy atom. The van der Waals surface area contributed by atoms with Crippen molar-refractivity contribution >= 4 is 11.8 Å². The molecule has 0 aliphatic carbocycles. The summed E-state index contributed by atoms with van der Waals surface area (Å²) in [4.78, 5) is 23.9. The molecule has 0 aliphatic heterocycles. The Labute approximate surface area is 158 Å². The number of aryl methyl sites for hydroxylation is 2. The van der Waals surface area contributed by atoms with Crippen LogP contribution in [0.3, 0.4) is 0 Å². The second kappa shape index (κ2) is 9.47. The molecule has 0 saturated carbocycles. The SMILES string of the molecule is COc1ccc(CC(=O)NNC(=O)COc2cc(C)cc(C)c2)c(OC)c1. The maximum atomic E-state index is 12.0. The minimum atomic E-state index is -0.454. The fourth-order valence-corrected chi connectivity index (χ4v) is 2.56. The Balaban J connectivity index is 1.82. The third-order valence-electron chi connectivity index (χ3n) is 3.75. The number of carbonyl (C=O) groups is 2. The highest BCUT2D eigenvalue weighted by Crippen LogP contribution is 2.24. The molecule has 2 rings (SSSR count). The van der Waals surface area contributed by atoms with Gasteiger partial charge in [0.1, 0.15) is 17.2 Å². The van der Waals surface area contributed by atoms with E-state index in [1.54, 1.807) is 25.3 Å². The second-order valence-corrected chi connectivity index (χ2v) is 6.06. The minimum Gasteiger partial charge on any atom is -0.497 e. The molecular weight excluding hydrogens is 348 g/mol. The highest BCUT2D eigenvalue weighted by atomic mass is 16.5. The van der Waals surface area contributed by atoms with E-state index in [2.05, 4.69) is 10.9 Å². The molecule has 2 aromatic rings. The van der Waals surface area contributed by atoms with Crippen LogP contribution in [-0.4, -0.2) is 32.6 Å². The van der Waals surface area contributed by atoms with Gasteiger partial charge >= 0.3 is 0 Å². The number of amides is 2. The summed E-state index contributed by atoms with van der Waals surface area (Å²) < 4.78 is 15.8. The number of rotatable bonds is 7. The van der Waals surface area contributed by atoms with Gasteiger partial charge in [-0.3, -0.25) is 20.4 Å². The zero-order chi connectivity index (χ0) is 19.8. The van der Waals surface area contributed by atoms with Gasteiger partial charge in [0, 0.05) is 11.6 Å². The Hall–Kier alpha value is -3.22. The molecule has 0 aliphatic rings. The van der Waals surface area contributed by atoms with Gasteiger partial charge in [-0.15, -0.1) is 0 Å². The summed E-state index contributed by atoms with van der Waals surface area (Å²) >= 11 is 0. The van der Waals surface area contributed by atoms with Crippen LogP contribution in [0.1, 0.15) is 16.7 Å². The van der Waals surface area contributed by atoms with Crippen molar-refractivity contribution in [2.24, 2.45) is 0 Å². The van der Waals surface area contributed by atoms with Gasteiger partial charge < -0.3 is 14.2 Å². The number of hydrogen-bond donors (Lipinski definition) is 2. The Morgan fingerprint density at radius 2 is 1.52 bits per heavy atom. The molecule has 0 unspecified atom stereocenters. The number of ether oxygens (including phenoxy) is 3. The summed E-state index contributed by atoms with van der Waals surface area (Å²) in [5.74, 6) is 0.946. The summed E-state index contributed by atoms with van der Waals surface area (Å²) in [5.41, 5.74) is 7.47. The summed E-state index contributed by atoms with van der Waals surface area (Å²) in [6.45, 7) is 3.70. The fourth-order valence-electron chi connectivity index (χ4n) is 2.56. The van der Waals surface area contributed by atoms with Crippen LogP contribution in [0.5, 0.6) is 17.2 Å². The molecule has 27 heavy (non-hydrogen) atoms. The number of carbonyl (C=O) groups excluding carboxylic acids is 2. The molecule has 0 aromatic heterocycles. The minimum absolute atomic E-state index is 0.0470. The number of hydrogen-bond acceptors (Lipinski definition) is 5. The van der Waals surface area contributed by atoms with Gasteiger partial charge in [-0.1, -0.05) is 12.1 Å². The summed E-state index contributed by atoms with van der Waals surface area (Å²) in [6, 6.07) is 10.9. The molecule has 7 nitrogen and oxygen atoms in total. The zero-order valence-corrected chi connectivity index (χ0v) is 15.9. The Kier molecular flexibility index (Phi) is 7.05. The maximum Gasteiger partial charge on any atom is 0.276 e.